The van der Waals surface area contributed by atoms with Gasteiger partial charge in [0.1, 0.15) is 5.82 Å². The molecule has 0 atom stereocenters. The van der Waals surface area contributed by atoms with Crippen LogP contribution in [0, 0.1) is 5.82 Å². The molecule has 0 saturated heterocycles. The van der Waals surface area contributed by atoms with Crippen LogP contribution < -0.4 is 0 Å². The lowest BCUT2D eigenvalue weighted by Crippen LogP contribution is -2.09. The molecule has 0 unspecified atom stereocenters. The van der Waals surface area contributed by atoms with Crippen molar-refractivity contribution in [3.05, 3.63) is 52.3 Å². The lowest BCUT2D eigenvalue weighted by molar-refractivity contribution is 0.585. The van der Waals surface area contributed by atoms with Crippen LogP contribution in [0.5, 0.6) is 0 Å². The lowest BCUT2D eigenvalue weighted by atomic mass is 10.0. The highest BCUT2D eigenvalue weighted by Crippen LogP contribution is 2.22. The van der Waals surface area contributed by atoms with E-state index in [1.165, 1.54) is 30.3 Å². The van der Waals surface area contributed by atoms with Gasteiger partial charge < -0.3 is 4.57 Å². The van der Waals surface area contributed by atoms with Gasteiger partial charge in [0.2, 0.25) is 0 Å². The second kappa shape index (κ2) is 4.73. The average molecular weight is 265 g/mol. The maximum absolute atomic E-state index is 13.8. The van der Waals surface area contributed by atoms with Crippen LogP contribution >= 0.6 is 11.6 Å². The van der Waals surface area contributed by atoms with E-state index in [0.717, 1.165) is 12.8 Å². The molecule has 3 rings (SSSR count). The highest BCUT2D eigenvalue weighted by Gasteiger charge is 2.15. The van der Waals surface area contributed by atoms with E-state index in [1.807, 2.05) is 6.33 Å². The molecule has 0 radical (unpaired) electrons. The van der Waals surface area contributed by atoms with Crippen LogP contribution in [0.25, 0.3) is 0 Å². The smallest absolute Gasteiger partial charge is 0.129 e. The molecule has 0 spiro atoms. The van der Waals surface area contributed by atoms with Crippen LogP contribution in [0.3, 0.4) is 0 Å². The molecule has 1 aromatic heterocycles. The Labute approximate surface area is 110 Å². The fourth-order valence-electron chi connectivity index (χ4n) is 2.50. The summed E-state index contributed by atoms with van der Waals surface area (Å²) in [5.41, 5.74) is 3.09. The van der Waals surface area contributed by atoms with Gasteiger partial charge in [-0.05, 0) is 37.8 Å². The van der Waals surface area contributed by atoms with E-state index >= 15 is 0 Å². The van der Waals surface area contributed by atoms with Crippen molar-refractivity contribution in [2.75, 3.05) is 0 Å². The van der Waals surface area contributed by atoms with E-state index in [2.05, 4.69) is 9.55 Å². The van der Waals surface area contributed by atoms with Gasteiger partial charge in [0.05, 0.1) is 18.6 Å². The Hall–Kier alpha value is -1.35. The molecule has 0 bridgehead atoms. The summed E-state index contributed by atoms with van der Waals surface area (Å²) in [6, 6.07) is 4.83. The lowest BCUT2D eigenvalue weighted by Gasteiger charge is -2.14. The zero-order valence-corrected chi connectivity index (χ0v) is 10.8. The Balaban J connectivity index is 1.90. The van der Waals surface area contributed by atoms with Crippen molar-refractivity contribution in [3.63, 3.8) is 0 Å². The van der Waals surface area contributed by atoms with Crippen LogP contribution in [-0.2, 0) is 19.4 Å². The Bertz CT molecular complexity index is 577. The van der Waals surface area contributed by atoms with Crippen molar-refractivity contribution in [2.24, 2.45) is 0 Å². The van der Waals surface area contributed by atoms with Crippen LogP contribution in [0.1, 0.15) is 29.8 Å². The molecule has 0 fully saturated rings. The standard InChI is InChI=1S/C14H14ClFN2/c15-11-6-5-10(12(16)7-11)8-18-9-17-13-3-1-2-4-14(13)18/h5-7,9H,1-4,8H2. The molecule has 94 valence electrons. The molecule has 0 saturated carbocycles. The van der Waals surface area contributed by atoms with Gasteiger partial charge in [-0.1, -0.05) is 17.7 Å². The van der Waals surface area contributed by atoms with Gasteiger partial charge in [0, 0.05) is 16.3 Å². The number of imidazole rings is 1. The number of rotatable bonds is 2. The number of halogens is 2. The van der Waals surface area contributed by atoms with Gasteiger partial charge >= 0.3 is 0 Å². The molecule has 4 heteroatoms. The first-order valence-corrected chi connectivity index (χ1v) is 6.58. The first-order chi connectivity index (χ1) is 8.74. The third-order valence-electron chi connectivity index (χ3n) is 3.47. The van der Waals surface area contributed by atoms with E-state index in [0.29, 0.717) is 17.1 Å². The number of benzene rings is 1. The monoisotopic (exact) mass is 264 g/mol. The number of fused-ring (bicyclic) bond motifs is 1. The predicted octanol–water partition coefficient (Wildman–Crippen LogP) is 3.60. The number of aromatic nitrogens is 2. The SMILES string of the molecule is Fc1cc(Cl)ccc1Cn1cnc2c1CCCC2. The van der Waals surface area contributed by atoms with Crippen LogP contribution in [-0.4, -0.2) is 9.55 Å². The topological polar surface area (TPSA) is 17.8 Å². The van der Waals surface area contributed by atoms with Crippen LogP contribution in [0.2, 0.25) is 5.02 Å². The van der Waals surface area contributed by atoms with Gasteiger partial charge in [0.15, 0.2) is 0 Å². The Morgan fingerprint density at radius 2 is 2.11 bits per heavy atom. The van der Waals surface area contributed by atoms with Crippen molar-refractivity contribution in [1.29, 1.82) is 0 Å². The van der Waals surface area contributed by atoms with Crippen LogP contribution in [0.4, 0.5) is 4.39 Å². The Morgan fingerprint density at radius 1 is 1.28 bits per heavy atom. The Morgan fingerprint density at radius 3 is 2.94 bits per heavy atom. The summed E-state index contributed by atoms with van der Waals surface area (Å²) in [4.78, 5) is 4.41. The molecule has 18 heavy (non-hydrogen) atoms. The van der Waals surface area contributed by atoms with E-state index in [-0.39, 0.29) is 5.82 Å². The molecule has 0 N–H and O–H groups in total. The normalized spacial score (nSPS) is 14.6. The molecule has 1 heterocycles. The van der Waals surface area contributed by atoms with Gasteiger partial charge in [-0.15, -0.1) is 0 Å². The van der Waals surface area contributed by atoms with Crippen molar-refractivity contribution in [2.45, 2.75) is 32.2 Å². The molecular weight excluding hydrogens is 251 g/mol. The van der Waals surface area contributed by atoms with E-state index in [4.69, 9.17) is 11.6 Å². The molecule has 1 aromatic carbocycles. The minimum atomic E-state index is -0.249. The highest BCUT2D eigenvalue weighted by molar-refractivity contribution is 6.30. The molecular formula is C14H14ClFN2. The number of aryl methyl sites for hydroxylation is 1. The molecule has 2 nitrogen and oxygen atoms in total. The number of nitrogens with zero attached hydrogens (tertiary/aromatic N) is 2. The maximum atomic E-state index is 13.8. The maximum Gasteiger partial charge on any atom is 0.129 e. The molecule has 0 amide bonds. The van der Waals surface area contributed by atoms with Gasteiger partial charge in [-0.2, -0.15) is 0 Å². The summed E-state index contributed by atoms with van der Waals surface area (Å²) in [6.07, 6.45) is 6.32. The quantitative estimate of drug-likeness (QED) is 0.810. The summed E-state index contributed by atoms with van der Waals surface area (Å²) >= 11 is 5.76. The summed E-state index contributed by atoms with van der Waals surface area (Å²) in [5.74, 6) is -0.249. The zero-order chi connectivity index (χ0) is 12.5. The van der Waals surface area contributed by atoms with Crippen molar-refractivity contribution >= 4 is 11.6 Å². The molecule has 2 aromatic rings. The second-order valence-corrected chi connectivity index (χ2v) is 5.15. The molecule has 0 aliphatic heterocycles. The first kappa shape index (κ1) is 11.7. The van der Waals surface area contributed by atoms with Crippen molar-refractivity contribution < 1.29 is 4.39 Å². The van der Waals surface area contributed by atoms with Crippen LogP contribution in [0.15, 0.2) is 24.5 Å². The third kappa shape index (κ3) is 2.15. The summed E-state index contributed by atoms with van der Waals surface area (Å²) in [6.45, 7) is 0.533. The predicted molar refractivity (Wildman–Crippen MR) is 69.4 cm³/mol. The minimum absolute atomic E-state index is 0.249. The van der Waals surface area contributed by atoms with Crippen molar-refractivity contribution in [1.82, 2.24) is 9.55 Å². The molecule has 1 aliphatic carbocycles. The average Bonchev–Trinajstić information content (AvgIpc) is 2.76. The second-order valence-electron chi connectivity index (χ2n) is 4.71. The van der Waals surface area contributed by atoms with E-state index in [1.54, 1.807) is 12.1 Å². The van der Waals surface area contributed by atoms with E-state index in [9.17, 15) is 4.39 Å². The summed E-state index contributed by atoms with van der Waals surface area (Å²) in [7, 11) is 0. The third-order valence-corrected chi connectivity index (χ3v) is 3.70. The minimum Gasteiger partial charge on any atom is -0.330 e. The fraction of sp³-hybridized carbons (Fsp3) is 0.357. The van der Waals surface area contributed by atoms with Crippen molar-refractivity contribution in [3.8, 4) is 0 Å². The highest BCUT2D eigenvalue weighted by atomic mass is 35.5. The largest absolute Gasteiger partial charge is 0.330 e. The molecule has 1 aliphatic rings. The number of hydrogen-bond donors (Lipinski definition) is 0. The zero-order valence-electron chi connectivity index (χ0n) is 10.00. The first-order valence-electron chi connectivity index (χ1n) is 6.21. The number of hydrogen-bond acceptors (Lipinski definition) is 1. The van der Waals surface area contributed by atoms with Gasteiger partial charge in [-0.25, -0.2) is 9.37 Å². The summed E-state index contributed by atoms with van der Waals surface area (Å²) in [5, 5.41) is 0.434. The van der Waals surface area contributed by atoms with Gasteiger partial charge in [-0.3, -0.25) is 0 Å². The summed E-state index contributed by atoms with van der Waals surface area (Å²) < 4.78 is 15.8. The van der Waals surface area contributed by atoms with E-state index < -0.39 is 0 Å². The van der Waals surface area contributed by atoms with Gasteiger partial charge in [0.25, 0.3) is 0 Å². The Kier molecular flexibility index (Phi) is 3.08. The fourth-order valence-corrected chi connectivity index (χ4v) is 2.66.